The second kappa shape index (κ2) is 9.71. The number of aromatic nitrogens is 3. The molecule has 0 spiro atoms. The molecule has 0 bridgehead atoms. The van der Waals surface area contributed by atoms with Gasteiger partial charge in [0.2, 0.25) is 0 Å². The van der Waals surface area contributed by atoms with E-state index in [0.717, 1.165) is 22.3 Å². The third-order valence-electron chi connectivity index (χ3n) is 6.12. The quantitative estimate of drug-likeness (QED) is 0.359. The Morgan fingerprint density at radius 1 is 1.06 bits per heavy atom. The zero-order valence-electron chi connectivity index (χ0n) is 18.5. The minimum Gasteiger partial charge on any atom is -0.298 e. The standard InChI is InChI=1S/C26H24ClN3O3/c1-15-10-18(26-29-13-19(27)14-30-26)11-16(2)23(15)24-22(32)12-17(25(24)33)6-5-8-21(31)20-7-3-4-9-28-20/h3-4,7,9-11,13-14,17,24H,5-6,8,12H2,1-2H3. The van der Waals surface area contributed by atoms with E-state index in [1.807, 2.05) is 26.0 Å². The van der Waals surface area contributed by atoms with Crippen LogP contribution in [-0.2, 0) is 9.59 Å². The average molecular weight is 462 g/mol. The molecule has 0 N–H and O–H groups in total. The molecule has 4 rings (SSSR count). The highest BCUT2D eigenvalue weighted by Gasteiger charge is 2.42. The minimum atomic E-state index is -0.748. The van der Waals surface area contributed by atoms with Crippen LogP contribution < -0.4 is 0 Å². The highest BCUT2D eigenvalue weighted by molar-refractivity contribution is 6.30. The summed E-state index contributed by atoms with van der Waals surface area (Å²) in [6.45, 7) is 3.81. The average Bonchev–Trinajstić information content (AvgIpc) is 3.07. The Morgan fingerprint density at radius 2 is 1.76 bits per heavy atom. The molecular weight excluding hydrogens is 438 g/mol. The predicted octanol–water partition coefficient (Wildman–Crippen LogP) is 5.10. The van der Waals surface area contributed by atoms with Crippen LogP contribution in [0, 0.1) is 19.8 Å². The van der Waals surface area contributed by atoms with Crippen LogP contribution in [0.4, 0.5) is 0 Å². The second-order valence-electron chi connectivity index (χ2n) is 8.48. The van der Waals surface area contributed by atoms with Gasteiger partial charge in [0.1, 0.15) is 17.4 Å². The van der Waals surface area contributed by atoms with Crippen molar-refractivity contribution in [3.63, 3.8) is 0 Å². The van der Waals surface area contributed by atoms with Crippen molar-refractivity contribution in [3.8, 4) is 11.4 Å². The van der Waals surface area contributed by atoms with E-state index in [9.17, 15) is 14.4 Å². The molecule has 33 heavy (non-hydrogen) atoms. The molecule has 1 aliphatic carbocycles. The first kappa shape index (κ1) is 22.9. The molecule has 2 unspecified atom stereocenters. The fourth-order valence-electron chi connectivity index (χ4n) is 4.59. The number of rotatable bonds is 7. The van der Waals surface area contributed by atoms with Crippen LogP contribution in [-0.4, -0.2) is 32.3 Å². The first-order chi connectivity index (χ1) is 15.8. The van der Waals surface area contributed by atoms with E-state index in [1.54, 1.807) is 24.4 Å². The fraction of sp³-hybridized carbons (Fsp3) is 0.308. The number of halogens is 1. The Kier molecular flexibility index (Phi) is 6.75. The van der Waals surface area contributed by atoms with E-state index in [0.29, 0.717) is 35.8 Å². The van der Waals surface area contributed by atoms with Gasteiger partial charge in [-0.05, 0) is 67.6 Å². The second-order valence-corrected chi connectivity index (χ2v) is 8.92. The van der Waals surface area contributed by atoms with Crippen LogP contribution >= 0.6 is 11.6 Å². The van der Waals surface area contributed by atoms with Crippen LogP contribution in [0.15, 0.2) is 48.9 Å². The molecule has 0 saturated heterocycles. The first-order valence-electron chi connectivity index (χ1n) is 10.9. The third-order valence-corrected chi connectivity index (χ3v) is 6.32. The van der Waals surface area contributed by atoms with Crippen molar-refractivity contribution in [3.05, 3.63) is 76.3 Å². The summed E-state index contributed by atoms with van der Waals surface area (Å²) in [6, 6.07) is 9.04. The Balaban J connectivity index is 1.47. The summed E-state index contributed by atoms with van der Waals surface area (Å²) in [5.74, 6) is -0.708. The molecule has 2 aromatic heterocycles. The fourth-order valence-corrected chi connectivity index (χ4v) is 4.69. The smallest absolute Gasteiger partial charge is 0.181 e. The molecule has 7 heteroatoms. The zero-order chi connectivity index (χ0) is 23.5. The van der Waals surface area contributed by atoms with Gasteiger partial charge in [0, 0.05) is 42.9 Å². The topological polar surface area (TPSA) is 89.9 Å². The number of carbonyl (C=O) groups excluding carboxylic acids is 3. The van der Waals surface area contributed by atoms with E-state index in [1.165, 1.54) is 12.4 Å². The van der Waals surface area contributed by atoms with Crippen molar-refractivity contribution >= 4 is 29.0 Å². The molecule has 0 radical (unpaired) electrons. The highest BCUT2D eigenvalue weighted by atomic mass is 35.5. The number of carbonyl (C=O) groups is 3. The van der Waals surface area contributed by atoms with Crippen molar-refractivity contribution in [2.45, 2.75) is 45.4 Å². The molecule has 0 amide bonds. The number of hydrogen-bond donors (Lipinski definition) is 0. The van der Waals surface area contributed by atoms with E-state index < -0.39 is 5.92 Å². The third kappa shape index (κ3) is 4.91. The monoisotopic (exact) mass is 461 g/mol. The lowest BCUT2D eigenvalue weighted by Crippen LogP contribution is -2.18. The molecule has 168 valence electrons. The van der Waals surface area contributed by atoms with Gasteiger partial charge in [-0.25, -0.2) is 9.97 Å². The summed E-state index contributed by atoms with van der Waals surface area (Å²) in [6.07, 6.45) is 6.28. The van der Waals surface area contributed by atoms with Gasteiger partial charge in [-0.3, -0.25) is 19.4 Å². The number of hydrogen-bond acceptors (Lipinski definition) is 6. The molecule has 3 aromatic rings. The van der Waals surface area contributed by atoms with Gasteiger partial charge in [-0.2, -0.15) is 0 Å². The lowest BCUT2D eigenvalue weighted by atomic mass is 9.85. The van der Waals surface area contributed by atoms with Crippen LogP contribution in [0.2, 0.25) is 5.02 Å². The summed E-state index contributed by atoms with van der Waals surface area (Å²) < 4.78 is 0. The Hall–Kier alpha value is -3.25. The van der Waals surface area contributed by atoms with Crippen molar-refractivity contribution in [1.29, 1.82) is 0 Å². The Labute approximate surface area is 197 Å². The SMILES string of the molecule is Cc1cc(-c2ncc(Cl)cn2)cc(C)c1C1C(=O)CC(CCCC(=O)c2ccccn2)C1=O. The van der Waals surface area contributed by atoms with Gasteiger partial charge in [-0.15, -0.1) is 0 Å². The number of Topliss-reactive ketones (excluding diaryl/α,β-unsaturated/α-hetero) is 3. The van der Waals surface area contributed by atoms with Gasteiger partial charge >= 0.3 is 0 Å². The molecule has 2 atom stereocenters. The summed E-state index contributed by atoms with van der Waals surface area (Å²) in [5.41, 5.74) is 3.74. The molecule has 1 saturated carbocycles. The van der Waals surface area contributed by atoms with Crippen molar-refractivity contribution < 1.29 is 14.4 Å². The van der Waals surface area contributed by atoms with Crippen LogP contribution in [0.25, 0.3) is 11.4 Å². The molecule has 1 fully saturated rings. The lowest BCUT2D eigenvalue weighted by Gasteiger charge is -2.17. The number of nitrogens with zero attached hydrogens (tertiary/aromatic N) is 3. The van der Waals surface area contributed by atoms with Gasteiger partial charge in [0.15, 0.2) is 17.4 Å². The Bertz CT molecular complexity index is 1190. The minimum absolute atomic E-state index is 0.0457. The highest BCUT2D eigenvalue weighted by Crippen LogP contribution is 2.39. The van der Waals surface area contributed by atoms with Crippen molar-refractivity contribution in [1.82, 2.24) is 15.0 Å². The van der Waals surface area contributed by atoms with Crippen LogP contribution in [0.5, 0.6) is 0 Å². The van der Waals surface area contributed by atoms with Crippen molar-refractivity contribution in [2.24, 2.45) is 5.92 Å². The summed E-state index contributed by atoms with van der Waals surface area (Å²) >= 11 is 5.88. The molecule has 1 aromatic carbocycles. The van der Waals surface area contributed by atoms with E-state index in [-0.39, 0.29) is 29.7 Å². The van der Waals surface area contributed by atoms with Gasteiger partial charge in [0.25, 0.3) is 0 Å². The number of aryl methyl sites for hydroxylation is 2. The van der Waals surface area contributed by atoms with Crippen molar-refractivity contribution in [2.75, 3.05) is 0 Å². The maximum absolute atomic E-state index is 13.2. The summed E-state index contributed by atoms with van der Waals surface area (Å²) in [5, 5.41) is 0.457. The van der Waals surface area contributed by atoms with Crippen LogP contribution in [0.1, 0.15) is 58.8 Å². The first-order valence-corrected chi connectivity index (χ1v) is 11.3. The maximum Gasteiger partial charge on any atom is 0.181 e. The molecule has 6 nitrogen and oxygen atoms in total. The normalized spacial score (nSPS) is 18.0. The maximum atomic E-state index is 13.2. The predicted molar refractivity (Wildman–Crippen MR) is 125 cm³/mol. The van der Waals surface area contributed by atoms with Gasteiger partial charge < -0.3 is 0 Å². The van der Waals surface area contributed by atoms with E-state index in [4.69, 9.17) is 11.6 Å². The van der Waals surface area contributed by atoms with Gasteiger partial charge in [0.05, 0.1) is 5.02 Å². The van der Waals surface area contributed by atoms with E-state index in [2.05, 4.69) is 15.0 Å². The summed E-state index contributed by atoms with van der Waals surface area (Å²) in [4.78, 5) is 50.9. The zero-order valence-corrected chi connectivity index (χ0v) is 19.3. The Morgan fingerprint density at radius 3 is 2.39 bits per heavy atom. The number of benzene rings is 1. The summed E-state index contributed by atoms with van der Waals surface area (Å²) in [7, 11) is 0. The number of ketones is 3. The lowest BCUT2D eigenvalue weighted by molar-refractivity contribution is -0.124. The number of pyridine rings is 1. The molecular formula is C26H24ClN3O3. The van der Waals surface area contributed by atoms with Crippen LogP contribution in [0.3, 0.4) is 0 Å². The largest absolute Gasteiger partial charge is 0.298 e. The van der Waals surface area contributed by atoms with E-state index >= 15 is 0 Å². The molecule has 2 heterocycles. The molecule has 0 aliphatic heterocycles. The molecule has 1 aliphatic rings. The van der Waals surface area contributed by atoms with Gasteiger partial charge in [-0.1, -0.05) is 17.7 Å².